The summed E-state index contributed by atoms with van der Waals surface area (Å²) in [6.45, 7) is 0.566. The Morgan fingerprint density at radius 3 is 2.71 bits per heavy atom. The van der Waals surface area contributed by atoms with Crippen LogP contribution in [0.25, 0.3) is 0 Å². The molecule has 0 aromatic carbocycles. The molecule has 2 N–H and O–H groups in total. The third kappa shape index (κ3) is 1.75. The SMILES string of the molecule is NCc1nnn(CC2CC2)c1C(F)F. The first-order chi connectivity index (χ1) is 6.72. The van der Waals surface area contributed by atoms with E-state index in [0.29, 0.717) is 12.5 Å². The van der Waals surface area contributed by atoms with Gasteiger partial charge in [0.15, 0.2) is 0 Å². The van der Waals surface area contributed by atoms with E-state index in [1.54, 1.807) is 0 Å². The fraction of sp³-hybridized carbons (Fsp3) is 0.750. The maximum absolute atomic E-state index is 12.6. The molecule has 4 nitrogen and oxygen atoms in total. The summed E-state index contributed by atoms with van der Waals surface area (Å²) < 4.78 is 26.5. The second-order valence-electron chi connectivity index (χ2n) is 3.55. The summed E-state index contributed by atoms with van der Waals surface area (Å²) in [5.41, 5.74) is 5.40. The van der Waals surface area contributed by atoms with Gasteiger partial charge in [0.1, 0.15) is 11.4 Å². The average molecular weight is 202 g/mol. The molecular weight excluding hydrogens is 190 g/mol. The molecule has 78 valence electrons. The number of alkyl halides is 2. The highest BCUT2D eigenvalue weighted by atomic mass is 19.3. The fourth-order valence-corrected chi connectivity index (χ4v) is 1.42. The topological polar surface area (TPSA) is 56.7 Å². The molecule has 2 rings (SSSR count). The molecule has 1 fully saturated rings. The van der Waals surface area contributed by atoms with Crippen molar-refractivity contribution >= 4 is 0 Å². The first-order valence-corrected chi connectivity index (χ1v) is 4.63. The lowest BCUT2D eigenvalue weighted by atomic mass is 10.3. The van der Waals surface area contributed by atoms with Crippen LogP contribution < -0.4 is 5.73 Å². The Labute approximate surface area is 80.1 Å². The lowest BCUT2D eigenvalue weighted by molar-refractivity contribution is 0.137. The summed E-state index contributed by atoms with van der Waals surface area (Å²) in [7, 11) is 0. The molecule has 0 aliphatic heterocycles. The minimum absolute atomic E-state index is 0.0182. The van der Waals surface area contributed by atoms with Crippen LogP contribution >= 0.6 is 0 Å². The van der Waals surface area contributed by atoms with Gasteiger partial charge < -0.3 is 5.73 Å². The van der Waals surface area contributed by atoms with Crippen molar-refractivity contribution in [1.29, 1.82) is 0 Å². The Morgan fingerprint density at radius 1 is 1.50 bits per heavy atom. The van der Waals surface area contributed by atoms with Crippen molar-refractivity contribution < 1.29 is 8.78 Å². The monoisotopic (exact) mass is 202 g/mol. The van der Waals surface area contributed by atoms with Gasteiger partial charge in [-0.05, 0) is 18.8 Å². The molecule has 14 heavy (non-hydrogen) atoms. The number of halogens is 2. The molecule has 1 aliphatic rings. The molecule has 1 aromatic rings. The molecule has 1 aliphatic carbocycles. The van der Waals surface area contributed by atoms with Crippen LogP contribution in [0.1, 0.15) is 30.7 Å². The van der Waals surface area contributed by atoms with Gasteiger partial charge in [-0.15, -0.1) is 5.10 Å². The van der Waals surface area contributed by atoms with E-state index in [0.717, 1.165) is 12.8 Å². The van der Waals surface area contributed by atoms with Crippen LogP contribution in [0, 0.1) is 5.92 Å². The lowest BCUT2D eigenvalue weighted by Crippen LogP contribution is -2.09. The quantitative estimate of drug-likeness (QED) is 0.794. The van der Waals surface area contributed by atoms with Crippen molar-refractivity contribution in [2.75, 3.05) is 0 Å². The first-order valence-electron chi connectivity index (χ1n) is 4.63. The molecule has 0 atom stereocenters. The highest BCUT2D eigenvalue weighted by molar-refractivity contribution is 5.11. The van der Waals surface area contributed by atoms with Gasteiger partial charge in [-0.2, -0.15) is 0 Å². The van der Waals surface area contributed by atoms with Gasteiger partial charge >= 0.3 is 0 Å². The highest BCUT2D eigenvalue weighted by Gasteiger charge is 2.27. The number of nitrogens with zero attached hydrogens (tertiary/aromatic N) is 3. The number of nitrogens with two attached hydrogens (primary N) is 1. The van der Waals surface area contributed by atoms with Crippen molar-refractivity contribution in [1.82, 2.24) is 15.0 Å². The van der Waals surface area contributed by atoms with Crippen LogP contribution in [0.15, 0.2) is 0 Å². The molecule has 0 bridgehead atoms. The van der Waals surface area contributed by atoms with Gasteiger partial charge in [0.2, 0.25) is 0 Å². The molecule has 1 saturated carbocycles. The molecule has 0 amide bonds. The van der Waals surface area contributed by atoms with Crippen LogP contribution in [-0.2, 0) is 13.1 Å². The zero-order chi connectivity index (χ0) is 10.1. The summed E-state index contributed by atoms with van der Waals surface area (Å²) in [4.78, 5) is 0. The van der Waals surface area contributed by atoms with E-state index in [9.17, 15) is 8.78 Å². The van der Waals surface area contributed by atoms with E-state index in [2.05, 4.69) is 10.3 Å². The molecule has 6 heteroatoms. The predicted octanol–water partition coefficient (Wildman–Crippen LogP) is 1.08. The summed E-state index contributed by atoms with van der Waals surface area (Å²) in [5, 5.41) is 7.34. The number of aromatic nitrogens is 3. The van der Waals surface area contributed by atoms with Crippen molar-refractivity contribution in [2.24, 2.45) is 11.7 Å². The lowest BCUT2D eigenvalue weighted by Gasteiger charge is -2.04. The Balaban J connectivity index is 2.23. The molecule has 0 spiro atoms. The van der Waals surface area contributed by atoms with E-state index in [-0.39, 0.29) is 17.9 Å². The second-order valence-corrected chi connectivity index (χ2v) is 3.55. The minimum Gasteiger partial charge on any atom is -0.325 e. The largest absolute Gasteiger partial charge is 0.325 e. The van der Waals surface area contributed by atoms with Gasteiger partial charge in [-0.3, -0.25) is 0 Å². The molecular formula is C8H12F2N4. The summed E-state index contributed by atoms with van der Waals surface area (Å²) in [6, 6.07) is 0. The van der Waals surface area contributed by atoms with Crippen LogP contribution in [0.5, 0.6) is 0 Å². The van der Waals surface area contributed by atoms with E-state index in [4.69, 9.17) is 5.73 Å². The Kier molecular flexibility index (Phi) is 2.45. The third-order valence-electron chi connectivity index (χ3n) is 2.38. The van der Waals surface area contributed by atoms with Crippen LogP contribution in [0.2, 0.25) is 0 Å². The Morgan fingerprint density at radius 2 is 2.21 bits per heavy atom. The van der Waals surface area contributed by atoms with Crippen LogP contribution in [0.3, 0.4) is 0 Å². The zero-order valence-corrected chi connectivity index (χ0v) is 7.66. The smallest absolute Gasteiger partial charge is 0.281 e. The molecule has 0 radical (unpaired) electrons. The van der Waals surface area contributed by atoms with Crippen molar-refractivity contribution in [3.8, 4) is 0 Å². The standard InChI is InChI=1S/C8H12F2N4/c9-8(10)7-6(3-11)12-13-14(7)4-5-1-2-5/h5,8H,1-4,11H2. The number of hydrogen-bond acceptors (Lipinski definition) is 3. The summed E-state index contributed by atoms with van der Waals surface area (Å²) in [6.07, 6.45) is -0.344. The molecule has 0 unspecified atom stereocenters. The Hall–Kier alpha value is -1.04. The van der Waals surface area contributed by atoms with E-state index < -0.39 is 6.43 Å². The summed E-state index contributed by atoms with van der Waals surface area (Å²) >= 11 is 0. The average Bonchev–Trinajstić information content (AvgIpc) is 2.83. The first kappa shape index (κ1) is 9.51. The zero-order valence-electron chi connectivity index (χ0n) is 7.66. The molecule has 0 saturated heterocycles. The molecule has 1 aromatic heterocycles. The van der Waals surface area contributed by atoms with Crippen LogP contribution in [0.4, 0.5) is 8.78 Å². The minimum atomic E-state index is -2.54. The third-order valence-corrected chi connectivity index (χ3v) is 2.38. The van der Waals surface area contributed by atoms with Gasteiger partial charge in [-0.1, -0.05) is 5.21 Å². The van der Waals surface area contributed by atoms with E-state index in [1.807, 2.05) is 0 Å². The molecule has 1 heterocycles. The van der Waals surface area contributed by atoms with Crippen LogP contribution in [-0.4, -0.2) is 15.0 Å². The van der Waals surface area contributed by atoms with Crippen molar-refractivity contribution in [3.63, 3.8) is 0 Å². The van der Waals surface area contributed by atoms with Gasteiger partial charge in [0, 0.05) is 13.1 Å². The summed E-state index contributed by atoms with van der Waals surface area (Å²) in [5.74, 6) is 0.500. The highest BCUT2D eigenvalue weighted by Crippen LogP contribution is 2.32. The predicted molar refractivity (Wildman–Crippen MR) is 45.6 cm³/mol. The maximum atomic E-state index is 12.6. The van der Waals surface area contributed by atoms with Crippen molar-refractivity contribution in [2.45, 2.75) is 32.4 Å². The normalized spacial score (nSPS) is 16.6. The Bertz CT molecular complexity index is 319. The fourth-order valence-electron chi connectivity index (χ4n) is 1.42. The number of rotatable bonds is 4. The van der Waals surface area contributed by atoms with E-state index in [1.165, 1.54) is 4.68 Å². The maximum Gasteiger partial charge on any atom is 0.281 e. The van der Waals surface area contributed by atoms with Crippen molar-refractivity contribution in [3.05, 3.63) is 11.4 Å². The number of hydrogen-bond donors (Lipinski definition) is 1. The van der Waals surface area contributed by atoms with Gasteiger partial charge in [0.05, 0.1) is 0 Å². The van der Waals surface area contributed by atoms with Gasteiger partial charge in [0.25, 0.3) is 6.43 Å². The van der Waals surface area contributed by atoms with E-state index >= 15 is 0 Å². The van der Waals surface area contributed by atoms with Gasteiger partial charge in [-0.25, -0.2) is 13.5 Å². The second kappa shape index (κ2) is 3.61.